The fourth-order valence-corrected chi connectivity index (χ4v) is 3.66. The number of aromatic amines is 2. The second-order valence-corrected chi connectivity index (χ2v) is 7.33. The number of H-pyrrole nitrogens is 2. The van der Waals surface area contributed by atoms with Gasteiger partial charge in [-0.15, -0.1) is 0 Å². The summed E-state index contributed by atoms with van der Waals surface area (Å²) in [6.07, 6.45) is 1.48. The van der Waals surface area contributed by atoms with E-state index in [0.29, 0.717) is 12.8 Å². The molecule has 0 aromatic carbocycles. The fourth-order valence-electron chi connectivity index (χ4n) is 3.66. The molecule has 0 aliphatic rings. The Morgan fingerprint density at radius 1 is 1.00 bits per heavy atom. The van der Waals surface area contributed by atoms with Crippen LogP contribution in [0.5, 0.6) is 0 Å². The zero-order chi connectivity index (χ0) is 24.3. The molecule has 3 N–H and O–H groups in total. The van der Waals surface area contributed by atoms with Crippen molar-refractivity contribution < 1.29 is 24.2 Å². The number of esters is 2. The highest BCUT2D eigenvalue weighted by atomic mass is 16.5. The van der Waals surface area contributed by atoms with Crippen molar-refractivity contribution >= 4 is 11.9 Å². The van der Waals surface area contributed by atoms with E-state index in [1.165, 1.54) is 0 Å². The van der Waals surface area contributed by atoms with Gasteiger partial charge in [-0.3, -0.25) is 9.97 Å². The van der Waals surface area contributed by atoms with Gasteiger partial charge in [0.2, 0.25) is 0 Å². The van der Waals surface area contributed by atoms with Crippen molar-refractivity contribution in [1.29, 1.82) is 0 Å². The molecule has 2 atom stereocenters. The average Bonchev–Trinajstić information content (AvgIpc) is 2.75. The molecular formula is C21H31N3O8. The minimum Gasteiger partial charge on any atom is -0.459 e. The minimum atomic E-state index is -1.36. The number of ether oxygens (including phenoxy) is 2. The van der Waals surface area contributed by atoms with E-state index in [0.717, 1.165) is 16.7 Å². The lowest BCUT2D eigenvalue weighted by atomic mass is 9.80. The zero-order valence-electron chi connectivity index (χ0n) is 18.4. The van der Waals surface area contributed by atoms with Crippen LogP contribution in [-0.4, -0.2) is 50.4 Å². The maximum absolute atomic E-state index is 12.7. The summed E-state index contributed by atoms with van der Waals surface area (Å²) in [5, 5.41) is 9.48. The van der Waals surface area contributed by atoms with Crippen LogP contribution in [0.25, 0.3) is 0 Å². The number of aliphatic hydroxyl groups excluding tert-OH is 1. The highest BCUT2D eigenvalue weighted by Gasteiger charge is 2.40. The molecule has 0 aliphatic carbocycles. The van der Waals surface area contributed by atoms with Crippen molar-refractivity contribution in [1.82, 2.24) is 14.5 Å². The van der Waals surface area contributed by atoms with E-state index in [1.54, 1.807) is 13.8 Å². The highest BCUT2D eigenvalue weighted by Crippen LogP contribution is 2.35. The molecule has 0 amide bonds. The first-order valence-corrected chi connectivity index (χ1v) is 10.4. The molecule has 1 rings (SSSR count). The van der Waals surface area contributed by atoms with E-state index < -0.39 is 46.8 Å². The Balaban J connectivity index is 3.69. The Kier molecular flexibility index (Phi) is 10.6. The molecule has 0 aliphatic heterocycles. The van der Waals surface area contributed by atoms with Gasteiger partial charge < -0.3 is 14.6 Å². The molecule has 178 valence electrons. The predicted octanol–water partition coefficient (Wildman–Crippen LogP) is 0.489. The van der Waals surface area contributed by atoms with Gasteiger partial charge >= 0.3 is 29.0 Å². The molecule has 32 heavy (non-hydrogen) atoms. The first-order valence-electron chi connectivity index (χ1n) is 10.4. The lowest BCUT2D eigenvalue weighted by Crippen LogP contribution is -2.56. The number of nitrogens with zero attached hydrogens (tertiary/aromatic N) is 1. The molecular weight excluding hydrogens is 422 g/mol. The maximum Gasteiger partial charge on any atom is 0.334 e. The molecule has 0 fully saturated rings. The van der Waals surface area contributed by atoms with Crippen LogP contribution in [0, 0.1) is 0 Å². The number of nitrogens with one attached hydrogen (secondary N) is 2. The third-order valence-corrected chi connectivity index (χ3v) is 5.15. The summed E-state index contributed by atoms with van der Waals surface area (Å²) in [6.45, 7) is 10.0. The van der Waals surface area contributed by atoms with Crippen molar-refractivity contribution in [2.24, 2.45) is 0 Å². The summed E-state index contributed by atoms with van der Waals surface area (Å²) < 4.78 is 11.6. The second-order valence-electron chi connectivity index (χ2n) is 7.33. The Hall–Kier alpha value is -3.21. The number of aromatic nitrogens is 3. The number of carbonyl (C=O) groups excluding carboxylic acids is 2. The van der Waals surface area contributed by atoms with Gasteiger partial charge in [-0.05, 0) is 25.7 Å². The molecule has 1 heterocycles. The number of rotatable bonds is 14. The van der Waals surface area contributed by atoms with Gasteiger partial charge in [0.15, 0.2) is 0 Å². The quantitative estimate of drug-likeness (QED) is 0.271. The van der Waals surface area contributed by atoms with Crippen LogP contribution in [0.2, 0.25) is 0 Å². The van der Waals surface area contributed by atoms with Crippen LogP contribution in [0.1, 0.15) is 52.4 Å². The van der Waals surface area contributed by atoms with Gasteiger partial charge in [-0.1, -0.05) is 27.0 Å². The van der Waals surface area contributed by atoms with Crippen LogP contribution in [0.15, 0.2) is 39.7 Å². The maximum atomic E-state index is 12.7. The lowest BCUT2D eigenvalue weighted by Gasteiger charge is -2.39. The Morgan fingerprint density at radius 3 is 1.78 bits per heavy atom. The highest BCUT2D eigenvalue weighted by molar-refractivity contribution is 5.81. The normalized spacial score (nSPS) is 14.6. The second kappa shape index (κ2) is 12.6. The molecule has 11 heteroatoms. The smallest absolute Gasteiger partial charge is 0.334 e. The summed E-state index contributed by atoms with van der Waals surface area (Å²) in [7, 11) is 0. The fraction of sp³-hybridized carbons (Fsp3) is 0.571. The monoisotopic (exact) mass is 453 g/mol. The molecule has 11 nitrogen and oxygen atoms in total. The summed E-state index contributed by atoms with van der Waals surface area (Å²) >= 11 is 0. The molecule has 1 aromatic heterocycles. The summed E-state index contributed by atoms with van der Waals surface area (Å²) in [5.41, 5.74) is -4.26. The number of aliphatic hydroxyl groups is 1. The van der Waals surface area contributed by atoms with E-state index in [2.05, 4.69) is 13.2 Å². The van der Waals surface area contributed by atoms with Crippen LogP contribution < -0.4 is 17.1 Å². The molecule has 2 unspecified atom stereocenters. The van der Waals surface area contributed by atoms with E-state index in [9.17, 15) is 29.1 Å². The van der Waals surface area contributed by atoms with Crippen molar-refractivity contribution in [2.75, 3.05) is 6.61 Å². The zero-order valence-corrected chi connectivity index (χ0v) is 18.4. The van der Waals surface area contributed by atoms with Crippen molar-refractivity contribution in [3.05, 3.63) is 56.8 Å². The van der Waals surface area contributed by atoms with Gasteiger partial charge in [0, 0.05) is 31.6 Å². The summed E-state index contributed by atoms with van der Waals surface area (Å²) in [6, 6.07) is 0. The number of hydrogen-bond acceptors (Lipinski definition) is 8. The first kappa shape index (κ1) is 26.8. The van der Waals surface area contributed by atoms with Crippen LogP contribution in [0.4, 0.5) is 0 Å². The Bertz CT molecular complexity index is 908. The largest absolute Gasteiger partial charge is 0.459 e. The van der Waals surface area contributed by atoms with E-state index in [1.807, 2.05) is 9.97 Å². The average molecular weight is 453 g/mol. The van der Waals surface area contributed by atoms with E-state index in [-0.39, 0.29) is 32.3 Å². The molecule has 0 radical (unpaired) electrons. The van der Waals surface area contributed by atoms with Gasteiger partial charge in [-0.25, -0.2) is 28.5 Å². The number of hydrogen-bond donors (Lipinski definition) is 3. The standard InChI is InChI=1S/C21H31N3O8/c1-5-14(31-16(26)7-3)12-21(10-9-11-25,13-15(6-2)32-17(27)8-4)24-19(29)22-18(28)23-20(24)30/h7-8,14-15,25H,3-6,9-13H2,1-2H3,(H2,22,23,28,29,30). The van der Waals surface area contributed by atoms with E-state index in [4.69, 9.17) is 9.47 Å². The minimum absolute atomic E-state index is 0.0136. The SMILES string of the molecule is C=CC(=O)OC(CC)CC(CCCO)(CC(CC)OC(=O)C=C)n1c(=O)[nH]c(=O)[nH]c1=O. The van der Waals surface area contributed by atoms with Gasteiger partial charge in [0.25, 0.3) is 0 Å². The van der Waals surface area contributed by atoms with Crippen LogP contribution >= 0.6 is 0 Å². The molecule has 0 bridgehead atoms. The topological polar surface area (TPSA) is 161 Å². The molecule has 1 aromatic rings. The summed E-state index contributed by atoms with van der Waals surface area (Å²) in [4.78, 5) is 64.8. The Morgan fingerprint density at radius 2 is 1.44 bits per heavy atom. The van der Waals surface area contributed by atoms with Gasteiger partial charge in [0.05, 0.1) is 5.54 Å². The predicted molar refractivity (Wildman–Crippen MR) is 116 cm³/mol. The third kappa shape index (κ3) is 7.19. The van der Waals surface area contributed by atoms with E-state index >= 15 is 0 Å². The lowest BCUT2D eigenvalue weighted by molar-refractivity contribution is -0.146. The van der Waals surface area contributed by atoms with Gasteiger partial charge in [0.1, 0.15) is 12.2 Å². The molecule has 0 saturated carbocycles. The molecule has 0 saturated heterocycles. The van der Waals surface area contributed by atoms with Crippen LogP contribution in [0.3, 0.4) is 0 Å². The van der Waals surface area contributed by atoms with Crippen molar-refractivity contribution in [3.63, 3.8) is 0 Å². The first-order chi connectivity index (χ1) is 15.2. The third-order valence-electron chi connectivity index (χ3n) is 5.15. The van der Waals surface area contributed by atoms with Crippen LogP contribution in [-0.2, 0) is 24.6 Å². The van der Waals surface area contributed by atoms with Crippen molar-refractivity contribution in [2.45, 2.75) is 70.1 Å². The van der Waals surface area contributed by atoms with Gasteiger partial charge in [-0.2, -0.15) is 0 Å². The van der Waals surface area contributed by atoms with Crippen molar-refractivity contribution in [3.8, 4) is 0 Å². The number of carbonyl (C=O) groups is 2. The summed E-state index contributed by atoms with van der Waals surface area (Å²) in [5.74, 6) is -1.36. The molecule has 0 spiro atoms. The Labute approximate surface area is 184 Å².